The molecular weight excluding hydrogens is 565 g/mol. The standard InChI is InChI=1S/C29H32F5N3O3S/c1-28(2,31)18-25(27(38)36-17-16-35-23-12-10-22(30)11-13-23)37-26(29(32,33)34)21-6-4-19(5-7-21)20-8-14-24(15-9-20)41(3,39)40/h4-15,25-26,35,37H,16-18H2,1-3H3,(H,36,38). The summed E-state index contributed by atoms with van der Waals surface area (Å²) in [5.41, 5.74) is -0.373. The summed E-state index contributed by atoms with van der Waals surface area (Å²) in [7, 11) is -3.40. The van der Waals surface area contributed by atoms with E-state index in [-0.39, 0.29) is 23.5 Å². The van der Waals surface area contributed by atoms with Crippen LogP contribution in [0.2, 0.25) is 0 Å². The highest BCUT2D eigenvalue weighted by Gasteiger charge is 2.43. The van der Waals surface area contributed by atoms with Gasteiger partial charge in [0.15, 0.2) is 9.84 Å². The van der Waals surface area contributed by atoms with Crippen LogP contribution in [0.4, 0.5) is 27.6 Å². The lowest BCUT2D eigenvalue weighted by molar-refractivity contribution is -0.161. The Bertz CT molecular complexity index is 1400. The van der Waals surface area contributed by atoms with Gasteiger partial charge in [-0.2, -0.15) is 13.2 Å². The maximum Gasteiger partial charge on any atom is 0.407 e. The van der Waals surface area contributed by atoms with E-state index in [1.54, 1.807) is 12.1 Å². The van der Waals surface area contributed by atoms with Crippen LogP contribution in [0, 0.1) is 5.82 Å². The van der Waals surface area contributed by atoms with Gasteiger partial charge >= 0.3 is 6.18 Å². The van der Waals surface area contributed by atoms with Gasteiger partial charge < -0.3 is 10.6 Å². The van der Waals surface area contributed by atoms with Crippen molar-refractivity contribution in [2.24, 2.45) is 0 Å². The number of amides is 1. The number of carbonyl (C=O) groups excluding carboxylic acids is 1. The fourth-order valence-corrected chi connectivity index (χ4v) is 4.77. The molecule has 0 aliphatic rings. The molecule has 0 spiro atoms. The highest BCUT2D eigenvalue weighted by molar-refractivity contribution is 7.90. The molecule has 3 rings (SSSR count). The van der Waals surface area contributed by atoms with Crippen LogP contribution < -0.4 is 16.0 Å². The molecule has 1 amide bonds. The van der Waals surface area contributed by atoms with Crippen LogP contribution in [0.1, 0.15) is 31.9 Å². The summed E-state index contributed by atoms with van der Waals surface area (Å²) < 4.78 is 93.5. The molecule has 3 aromatic carbocycles. The van der Waals surface area contributed by atoms with Gasteiger partial charge in [-0.25, -0.2) is 17.2 Å². The summed E-state index contributed by atoms with van der Waals surface area (Å²) in [5.74, 6) is -1.21. The molecule has 0 saturated carbocycles. The topological polar surface area (TPSA) is 87.3 Å². The zero-order valence-electron chi connectivity index (χ0n) is 22.7. The summed E-state index contributed by atoms with van der Waals surface area (Å²) in [6.07, 6.45) is -4.24. The van der Waals surface area contributed by atoms with Crippen LogP contribution in [0.3, 0.4) is 0 Å². The number of rotatable bonds is 12. The third kappa shape index (κ3) is 9.82. The van der Waals surface area contributed by atoms with Crippen molar-refractivity contribution in [2.75, 3.05) is 24.7 Å². The summed E-state index contributed by atoms with van der Waals surface area (Å²) in [4.78, 5) is 13.0. The number of sulfone groups is 1. The molecule has 0 saturated heterocycles. The molecule has 3 aromatic rings. The minimum atomic E-state index is -4.80. The van der Waals surface area contributed by atoms with Crippen LogP contribution in [0.15, 0.2) is 77.7 Å². The molecule has 0 heterocycles. The normalized spacial score (nSPS) is 13.9. The molecule has 0 radical (unpaired) electrons. The van der Waals surface area contributed by atoms with Crippen molar-refractivity contribution in [3.8, 4) is 11.1 Å². The Labute approximate surface area is 236 Å². The van der Waals surface area contributed by atoms with Crippen LogP contribution in [0.25, 0.3) is 11.1 Å². The Morgan fingerprint density at radius 3 is 1.85 bits per heavy atom. The Balaban J connectivity index is 1.74. The van der Waals surface area contributed by atoms with Gasteiger partial charge in [0.25, 0.3) is 0 Å². The van der Waals surface area contributed by atoms with Gasteiger partial charge in [-0.3, -0.25) is 10.1 Å². The van der Waals surface area contributed by atoms with Gasteiger partial charge in [0.1, 0.15) is 17.5 Å². The lowest BCUT2D eigenvalue weighted by Crippen LogP contribution is -2.51. The second-order valence-electron chi connectivity index (χ2n) is 10.3. The quantitative estimate of drug-likeness (QED) is 0.181. The van der Waals surface area contributed by atoms with Crippen molar-refractivity contribution in [3.63, 3.8) is 0 Å². The van der Waals surface area contributed by atoms with E-state index in [1.165, 1.54) is 74.5 Å². The third-order valence-electron chi connectivity index (χ3n) is 6.16. The van der Waals surface area contributed by atoms with Crippen molar-refractivity contribution >= 4 is 21.4 Å². The van der Waals surface area contributed by atoms with Crippen LogP contribution in [-0.4, -0.2) is 51.6 Å². The second kappa shape index (κ2) is 13.0. The monoisotopic (exact) mass is 597 g/mol. The first kappa shape index (κ1) is 32.0. The minimum Gasteiger partial charge on any atom is -0.383 e. The Morgan fingerprint density at radius 2 is 1.37 bits per heavy atom. The molecule has 0 aliphatic heterocycles. The first-order valence-electron chi connectivity index (χ1n) is 12.7. The van der Waals surface area contributed by atoms with Gasteiger partial charge in [0, 0.05) is 31.5 Å². The average molecular weight is 598 g/mol. The van der Waals surface area contributed by atoms with E-state index in [0.29, 0.717) is 16.8 Å². The summed E-state index contributed by atoms with van der Waals surface area (Å²) in [6.45, 7) is 2.60. The number of benzene rings is 3. The predicted octanol–water partition coefficient (Wildman–Crippen LogP) is 5.82. The van der Waals surface area contributed by atoms with E-state index in [9.17, 15) is 35.2 Å². The number of anilines is 1. The largest absolute Gasteiger partial charge is 0.407 e. The number of nitrogens with one attached hydrogen (secondary N) is 3. The number of hydrogen-bond acceptors (Lipinski definition) is 5. The lowest BCUT2D eigenvalue weighted by atomic mass is 9.96. The van der Waals surface area contributed by atoms with Crippen molar-refractivity contribution in [1.29, 1.82) is 0 Å². The van der Waals surface area contributed by atoms with E-state index >= 15 is 0 Å². The molecule has 2 atom stereocenters. The molecular formula is C29H32F5N3O3S. The van der Waals surface area contributed by atoms with E-state index in [4.69, 9.17) is 0 Å². The fourth-order valence-electron chi connectivity index (χ4n) is 4.14. The first-order chi connectivity index (χ1) is 19.0. The maximum atomic E-state index is 14.6. The van der Waals surface area contributed by atoms with Gasteiger partial charge in [0.05, 0.1) is 10.9 Å². The third-order valence-corrected chi connectivity index (χ3v) is 7.29. The van der Waals surface area contributed by atoms with Crippen LogP contribution in [0.5, 0.6) is 0 Å². The zero-order valence-corrected chi connectivity index (χ0v) is 23.5. The Hall–Kier alpha value is -3.51. The molecule has 0 aromatic heterocycles. The highest BCUT2D eigenvalue weighted by Crippen LogP contribution is 2.35. The van der Waals surface area contributed by atoms with E-state index in [2.05, 4.69) is 16.0 Å². The van der Waals surface area contributed by atoms with Gasteiger partial charge in [-0.1, -0.05) is 36.4 Å². The van der Waals surface area contributed by atoms with E-state index in [1.807, 2.05) is 0 Å². The van der Waals surface area contributed by atoms with Crippen molar-refractivity contribution in [3.05, 3.63) is 84.2 Å². The number of carbonyl (C=O) groups is 1. The van der Waals surface area contributed by atoms with Crippen LogP contribution >= 0.6 is 0 Å². The van der Waals surface area contributed by atoms with E-state index in [0.717, 1.165) is 6.26 Å². The second-order valence-corrected chi connectivity index (χ2v) is 12.3. The van der Waals surface area contributed by atoms with Gasteiger partial charge in [-0.15, -0.1) is 0 Å². The molecule has 2 unspecified atom stereocenters. The predicted molar refractivity (Wildman–Crippen MR) is 148 cm³/mol. The Morgan fingerprint density at radius 1 is 0.829 bits per heavy atom. The summed E-state index contributed by atoms with van der Waals surface area (Å²) in [6, 6.07) is 13.1. The zero-order chi connectivity index (χ0) is 30.4. The van der Waals surface area contributed by atoms with Crippen molar-refractivity contribution < 1.29 is 35.2 Å². The molecule has 6 nitrogen and oxygen atoms in total. The number of hydrogen-bond donors (Lipinski definition) is 3. The van der Waals surface area contributed by atoms with Crippen LogP contribution in [-0.2, 0) is 14.6 Å². The minimum absolute atomic E-state index is 0.0323. The van der Waals surface area contributed by atoms with Gasteiger partial charge in [-0.05, 0) is 66.9 Å². The first-order valence-corrected chi connectivity index (χ1v) is 14.6. The fraction of sp³-hybridized carbons (Fsp3) is 0.345. The molecule has 0 aliphatic carbocycles. The van der Waals surface area contributed by atoms with Crippen molar-refractivity contribution in [1.82, 2.24) is 10.6 Å². The average Bonchev–Trinajstić information content (AvgIpc) is 2.88. The molecule has 0 fully saturated rings. The van der Waals surface area contributed by atoms with Crippen molar-refractivity contribution in [2.45, 2.75) is 49.1 Å². The SMILES string of the molecule is CC(C)(F)CC(NC(c1ccc(-c2ccc(S(C)(=O)=O)cc2)cc1)C(F)(F)F)C(=O)NCCNc1ccc(F)cc1. The maximum absolute atomic E-state index is 14.6. The summed E-state index contributed by atoms with van der Waals surface area (Å²) >= 11 is 0. The smallest absolute Gasteiger partial charge is 0.383 e. The molecule has 222 valence electrons. The lowest BCUT2D eigenvalue weighted by Gasteiger charge is -2.30. The number of alkyl halides is 4. The number of halogens is 5. The molecule has 0 bridgehead atoms. The Kier molecular flexibility index (Phi) is 10.1. The van der Waals surface area contributed by atoms with E-state index < -0.39 is 51.9 Å². The molecule has 41 heavy (non-hydrogen) atoms. The molecule has 3 N–H and O–H groups in total. The highest BCUT2D eigenvalue weighted by atomic mass is 32.2. The van der Waals surface area contributed by atoms with Gasteiger partial charge in [0.2, 0.25) is 5.91 Å². The molecule has 12 heteroatoms. The summed E-state index contributed by atoms with van der Waals surface area (Å²) in [5, 5.41) is 7.78.